The standard InChI is InChI=1S/C16H31N3O/c1-11(2)18-16(20)12(3)19-15-8-5-4-7-13(15)14-9-6-10-17-14/h11-15,17,19H,4-10H2,1-3H3,(H,18,20). The fourth-order valence-corrected chi connectivity index (χ4v) is 3.73. The predicted octanol–water partition coefficient (Wildman–Crippen LogP) is 1.80. The van der Waals surface area contributed by atoms with Gasteiger partial charge in [-0.15, -0.1) is 0 Å². The van der Waals surface area contributed by atoms with Crippen molar-refractivity contribution in [2.45, 2.75) is 83.5 Å². The molecule has 1 amide bonds. The van der Waals surface area contributed by atoms with Crippen molar-refractivity contribution in [3.05, 3.63) is 0 Å². The third kappa shape index (κ3) is 4.19. The number of amides is 1. The van der Waals surface area contributed by atoms with Gasteiger partial charge >= 0.3 is 0 Å². The van der Waals surface area contributed by atoms with Crippen LogP contribution in [0.25, 0.3) is 0 Å². The molecule has 1 aliphatic carbocycles. The Morgan fingerprint density at radius 3 is 2.50 bits per heavy atom. The number of hydrogen-bond donors (Lipinski definition) is 3. The van der Waals surface area contributed by atoms with E-state index in [1.165, 1.54) is 38.5 Å². The lowest BCUT2D eigenvalue weighted by Gasteiger charge is -2.37. The first kappa shape index (κ1) is 15.8. The van der Waals surface area contributed by atoms with Crippen LogP contribution >= 0.6 is 0 Å². The Hall–Kier alpha value is -0.610. The second-order valence-corrected chi connectivity index (χ2v) is 6.81. The van der Waals surface area contributed by atoms with E-state index in [9.17, 15) is 4.79 Å². The van der Waals surface area contributed by atoms with Crippen molar-refractivity contribution in [2.24, 2.45) is 5.92 Å². The van der Waals surface area contributed by atoms with E-state index in [1.54, 1.807) is 0 Å². The van der Waals surface area contributed by atoms with Gasteiger partial charge < -0.3 is 16.0 Å². The van der Waals surface area contributed by atoms with Gasteiger partial charge in [0.05, 0.1) is 6.04 Å². The van der Waals surface area contributed by atoms with Crippen LogP contribution in [-0.4, -0.2) is 36.6 Å². The lowest BCUT2D eigenvalue weighted by atomic mass is 9.79. The second-order valence-electron chi connectivity index (χ2n) is 6.81. The van der Waals surface area contributed by atoms with Crippen LogP contribution < -0.4 is 16.0 Å². The molecule has 20 heavy (non-hydrogen) atoms. The third-order valence-corrected chi connectivity index (χ3v) is 4.72. The Balaban J connectivity index is 1.89. The Morgan fingerprint density at radius 2 is 1.85 bits per heavy atom. The van der Waals surface area contributed by atoms with Crippen molar-refractivity contribution < 1.29 is 4.79 Å². The monoisotopic (exact) mass is 281 g/mol. The summed E-state index contributed by atoms with van der Waals surface area (Å²) in [5.74, 6) is 0.823. The summed E-state index contributed by atoms with van der Waals surface area (Å²) < 4.78 is 0. The summed E-state index contributed by atoms with van der Waals surface area (Å²) in [4.78, 5) is 12.1. The minimum atomic E-state index is -0.0931. The minimum absolute atomic E-state index is 0.0931. The number of rotatable bonds is 5. The van der Waals surface area contributed by atoms with Gasteiger partial charge in [0.15, 0.2) is 0 Å². The number of hydrogen-bond acceptors (Lipinski definition) is 3. The average molecular weight is 281 g/mol. The first-order chi connectivity index (χ1) is 9.58. The van der Waals surface area contributed by atoms with Crippen LogP contribution in [-0.2, 0) is 4.79 Å². The molecule has 0 aromatic rings. The molecule has 116 valence electrons. The Morgan fingerprint density at radius 1 is 1.10 bits per heavy atom. The van der Waals surface area contributed by atoms with Gasteiger partial charge in [0.1, 0.15) is 0 Å². The van der Waals surface area contributed by atoms with E-state index in [2.05, 4.69) is 16.0 Å². The van der Waals surface area contributed by atoms with Gasteiger partial charge in [-0.2, -0.15) is 0 Å². The fraction of sp³-hybridized carbons (Fsp3) is 0.938. The number of nitrogens with one attached hydrogen (secondary N) is 3. The molecule has 0 bridgehead atoms. The number of carbonyl (C=O) groups is 1. The summed E-state index contributed by atoms with van der Waals surface area (Å²) in [6.07, 6.45) is 7.75. The first-order valence-corrected chi connectivity index (χ1v) is 8.37. The molecule has 2 aliphatic rings. The van der Waals surface area contributed by atoms with Crippen molar-refractivity contribution in [3.8, 4) is 0 Å². The van der Waals surface area contributed by atoms with Crippen molar-refractivity contribution in [3.63, 3.8) is 0 Å². The van der Waals surface area contributed by atoms with E-state index >= 15 is 0 Å². The van der Waals surface area contributed by atoms with Gasteiger partial charge in [-0.1, -0.05) is 12.8 Å². The summed E-state index contributed by atoms with van der Waals surface area (Å²) in [5.41, 5.74) is 0. The van der Waals surface area contributed by atoms with Crippen molar-refractivity contribution >= 4 is 5.91 Å². The molecule has 4 unspecified atom stereocenters. The van der Waals surface area contributed by atoms with E-state index in [0.29, 0.717) is 18.0 Å². The highest BCUT2D eigenvalue weighted by atomic mass is 16.2. The molecule has 2 rings (SSSR count). The van der Waals surface area contributed by atoms with Crippen LogP contribution in [0.5, 0.6) is 0 Å². The highest BCUT2D eigenvalue weighted by Gasteiger charge is 2.34. The van der Waals surface area contributed by atoms with Crippen LogP contribution in [0, 0.1) is 5.92 Å². The Labute approximate surface area is 123 Å². The van der Waals surface area contributed by atoms with Gasteiger partial charge in [-0.3, -0.25) is 4.79 Å². The molecule has 3 N–H and O–H groups in total. The predicted molar refractivity (Wildman–Crippen MR) is 82.6 cm³/mol. The zero-order valence-electron chi connectivity index (χ0n) is 13.2. The molecular weight excluding hydrogens is 250 g/mol. The SMILES string of the molecule is CC(C)NC(=O)C(C)NC1CCCCC1C1CCCN1. The van der Waals surface area contributed by atoms with Crippen molar-refractivity contribution in [2.75, 3.05) is 6.54 Å². The molecular formula is C16H31N3O. The molecule has 0 aromatic carbocycles. The van der Waals surface area contributed by atoms with E-state index in [4.69, 9.17) is 0 Å². The van der Waals surface area contributed by atoms with Gasteiger partial charge in [0.2, 0.25) is 5.91 Å². The van der Waals surface area contributed by atoms with Gasteiger partial charge in [0.25, 0.3) is 0 Å². The van der Waals surface area contributed by atoms with E-state index in [0.717, 1.165) is 6.54 Å². The van der Waals surface area contributed by atoms with E-state index in [-0.39, 0.29) is 18.0 Å². The van der Waals surface area contributed by atoms with Crippen LogP contribution in [0.3, 0.4) is 0 Å². The summed E-state index contributed by atoms with van der Waals surface area (Å²) in [6.45, 7) is 7.18. The summed E-state index contributed by atoms with van der Waals surface area (Å²) >= 11 is 0. The Kier molecular flexibility index (Phi) is 5.85. The lowest BCUT2D eigenvalue weighted by Crippen LogP contribution is -2.54. The van der Waals surface area contributed by atoms with Gasteiger partial charge in [-0.25, -0.2) is 0 Å². The molecule has 4 heteroatoms. The molecule has 2 fully saturated rings. The van der Waals surface area contributed by atoms with Crippen molar-refractivity contribution in [1.29, 1.82) is 0 Å². The highest BCUT2D eigenvalue weighted by Crippen LogP contribution is 2.30. The first-order valence-electron chi connectivity index (χ1n) is 8.37. The average Bonchev–Trinajstić information content (AvgIpc) is 2.92. The largest absolute Gasteiger partial charge is 0.353 e. The van der Waals surface area contributed by atoms with Gasteiger partial charge in [0, 0.05) is 18.1 Å². The molecule has 1 saturated heterocycles. The zero-order valence-corrected chi connectivity index (χ0v) is 13.2. The van der Waals surface area contributed by atoms with Crippen LogP contribution in [0.1, 0.15) is 59.3 Å². The van der Waals surface area contributed by atoms with Crippen molar-refractivity contribution in [1.82, 2.24) is 16.0 Å². The number of carbonyl (C=O) groups excluding carboxylic acids is 1. The van der Waals surface area contributed by atoms with E-state index < -0.39 is 0 Å². The maximum Gasteiger partial charge on any atom is 0.237 e. The molecule has 0 aromatic heterocycles. The molecule has 0 spiro atoms. The quantitative estimate of drug-likeness (QED) is 0.720. The maximum absolute atomic E-state index is 12.1. The fourth-order valence-electron chi connectivity index (χ4n) is 3.73. The second kappa shape index (κ2) is 7.41. The molecule has 4 atom stereocenters. The van der Waals surface area contributed by atoms with Crippen LogP contribution in [0.15, 0.2) is 0 Å². The molecule has 4 nitrogen and oxygen atoms in total. The topological polar surface area (TPSA) is 53.2 Å². The molecule has 1 aliphatic heterocycles. The lowest BCUT2D eigenvalue weighted by molar-refractivity contribution is -0.123. The minimum Gasteiger partial charge on any atom is -0.353 e. The van der Waals surface area contributed by atoms with Crippen LogP contribution in [0.4, 0.5) is 0 Å². The molecule has 0 radical (unpaired) electrons. The zero-order chi connectivity index (χ0) is 14.5. The maximum atomic E-state index is 12.1. The summed E-state index contributed by atoms with van der Waals surface area (Å²) in [5, 5.41) is 10.2. The van der Waals surface area contributed by atoms with Crippen LogP contribution in [0.2, 0.25) is 0 Å². The molecule has 1 heterocycles. The third-order valence-electron chi connectivity index (χ3n) is 4.72. The summed E-state index contributed by atoms with van der Waals surface area (Å²) in [7, 11) is 0. The smallest absolute Gasteiger partial charge is 0.237 e. The molecule has 1 saturated carbocycles. The van der Waals surface area contributed by atoms with Gasteiger partial charge in [-0.05, 0) is 58.9 Å². The normalized spacial score (nSPS) is 32.3. The Bertz CT molecular complexity index is 313. The summed E-state index contributed by atoms with van der Waals surface area (Å²) in [6, 6.07) is 1.27. The van der Waals surface area contributed by atoms with E-state index in [1.807, 2.05) is 20.8 Å². The highest BCUT2D eigenvalue weighted by molar-refractivity contribution is 5.81.